The summed E-state index contributed by atoms with van der Waals surface area (Å²) in [7, 11) is 0. The topological polar surface area (TPSA) is 75.6 Å². The number of ether oxygens (including phenoxy) is 1. The van der Waals surface area contributed by atoms with Crippen LogP contribution in [0.15, 0.2) is 6.07 Å². The average molecular weight is 356 g/mol. The van der Waals surface area contributed by atoms with Gasteiger partial charge in [0.15, 0.2) is 0 Å². The molecule has 1 heterocycles. The molecule has 1 amide bonds. The normalized spacial score (nSPS) is 12.9. The first-order valence-electron chi connectivity index (χ1n) is 8.30. The van der Waals surface area contributed by atoms with E-state index in [0.717, 1.165) is 6.42 Å². The van der Waals surface area contributed by atoms with Gasteiger partial charge < -0.3 is 15.2 Å². The molecule has 1 aromatic heterocycles. The van der Waals surface area contributed by atoms with Crippen LogP contribution in [0.2, 0.25) is 0 Å². The molecular formula is C18H29NO4S. The zero-order valence-corrected chi connectivity index (χ0v) is 16.1. The molecular weight excluding hydrogens is 326 g/mol. The van der Waals surface area contributed by atoms with E-state index in [2.05, 4.69) is 25.2 Å². The summed E-state index contributed by atoms with van der Waals surface area (Å²) in [6.07, 6.45) is 2.15. The summed E-state index contributed by atoms with van der Waals surface area (Å²) < 4.78 is 5.53. The molecule has 2 N–H and O–H groups in total. The maximum atomic E-state index is 12.0. The molecule has 0 radical (unpaired) electrons. The highest BCUT2D eigenvalue weighted by Crippen LogP contribution is 2.22. The molecule has 136 valence electrons. The van der Waals surface area contributed by atoms with Gasteiger partial charge in [0, 0.05) is 29.2 Å². The molecule has 0 aromatic carbocycles. The fourth-order valence-corrected chi connectivity index (χ4v) is 3.35. The van der Waals surface area contributed by atoms with Crippen molar-refractivity contribution in [3.63, 3.8) is 0 Å². The summed E-state index contributed by atoms with van der Waals surface area (Å²) in [5.41, 5.74) is 0.961. The van der Waals surface area contributed by atoms with Crippen LogP contribution in [-0.4, -0.2) is 35.2 Å². The van der Waals surface area contributed by atoms with E-state index in [1.807, 2.05) is 20.8 Å². The standard InChI is InChI=1S/C18H29NO4S/c1-12-11-14(13(2)24-12)7-6-8-16(20)19-15(17(21)22)9-10-23-18(3,4)5/h11,15H,6-10H2,1-5H3,(H,19,20)(H,21,22). The van der Waals surface area contributed by atoms with Crippen molar-refractivity contribution in [1.29, 1.82) is 0 Å². The second-order valence-corrected chi connectivity index (χ2v) is 8.46. The summed E-state index contributed by atoms with van der Waals surface area (Å²) in [6.45, 7) is 10.2. The molecule has 0 aliphatic rings. The highest BCUT2D eigenvalue weighted by molar-refractivity contribution is 7.12. The molecule has 6 heteroatoms. The molecule has 1 atom stereocenters. The fourth-order valence-electron chi connectivity index (χ4n) is 2.38. The number of aliphatic carboxylic acids is 1. The zero-order valence-electron chi connectivity index (χ0n) is 15.3. The lowest BCUT2D eigenvalue weighted by molar-refractivity contribution is -0.142. The zero-order chi connectivity index (χ0) is 18.3. The van der Waals surface area contributed by atoms with Gasteiger partial charge in [0.1, 0.15) is 6.04 Å². The molecule has 0 spiro atoms. The van der Waals surface area contributed by atoms with E-state index in [9.17, 15) is 14.7 Å². The van der Waals surface area contributed by atoms with Crippen molar-refractivity contribution in [2.45, 2.75) is 71.9 Å². The van der Waals surface area contributed by atoms with E-state index in [1.165, 1.54) is 15.3 Å². The molecule has 1 unspecified atom stereocenters. The SMILES string of the molecule is Cc1cc(CCCC(=O)NC(CCOC(C)(C)C)C(=O)O)c(C)s1. The lowest BCUT2D eigenvalue weighted by Crippen LogP contribution is -2.42. The van der Waals surface area contributed by atoms with Crippen LogP contribution < -0.4 is 5.32 Å². The Kier molecular flexibility index (Phi) is 7.90. The first kappa shape index (κ1) is 20.6. The number of rotatable bonds is 9. The summed E-state index contributed by atoms with van der Waals surface area (Å²) in [4.78, 5) is 25.8. The predicted octanol–water partition coefficient (Wildman–Crippen LogP) is 3.46. The number of carboxylic acid groups (broad SMARTS) is 1. The van der Waals surface area contributed by atoms with Gasteiger partial charge in [-0.25, -0.2) is 4.79 Å². The molecule has 24 heavy (non-hydrogen) atoms. The van der Waals surface area contributed by atoms with Crippen molar-refractivity contribution in [1.82, 2.24) is 5.32 Å². The quantitative estimate of drug-likeness (QED) is 0.711. The number of carboxylic acids is 1. The maximum absolute atomic E-state index is 12.0. The van der Waals surface area contributed by atoms with Crippen molar-refractivity contribution in [2.24, 2.45) is 0 Å². The van der Waals surface area contributed by atoms with Crippen molar-refractivity contribution >= 4 is 23.2 Å². The lowest BCUT2D eigenvalue weighted by atomic mass is 10.1. The van der Waals surface area contributed by atoms with E-state index in [1.54, 1.807) is 11.3 Å². The van der Waals surface area contributed by atoms with Crippen molar-refractivity contribution in [2.75, 3.05) is 6.61 Å². The molecule has 5 nitrogen and oxygen atoms in total. The minimum Gasteiger partial charge on any atom is -0.480 e. The van der Waals surface area contributed by atoms with Gasteiger partial charge >= 0.3 is 5.97 Å². The molecule has 1 rings (SSSR count). The van der Waals surface area contributed by atoms with Crippen molar-refractivity contribution in [3.05, 3.63) is 21.4 Å². The third-order valence-electron chi connectivity index (χ3n) is 3.57. The van der Waals surface area contributed by atoms with E-state index >= 15 is 0 Å². The van der Waals surface area contributed by atoms with Crippen LogP contribution in [0.25, 0.3) is 0 Å². The highest BCUT2D eigenvalue weighted by Gasteiger charge is 2.21. The van der Waals surface area contributed by atoms with Crippen LogP contribution >= 0.6 is 11.3 Å². The third-order valence-corrected chi connectivity index (χ3v) is 4.58. The molecule has 0 saturated carbocycles. The van der Waals surface area contributed by atoms with Gasteiger partial charge in [-0.2, -0.15) is 0 Å². The monoisotopic (exact) mass is 355 g/mol. The van der Waals surface area contributed by atoms with Crippen LogP contribution in [0.5, 0.6) is 0 Å². The van der Waals surface area contributed by atoms with Crippen LogP contribution in [0.4, 0.5) is 0 Å². The average Bonchev–Trinajstić information content (AvgIpc) is 2.74. The first-order chi connectivity index (χ1) is 11.1. The van der Waals surface area contributed by atoms with Gasteiger partial charge in [-0.15, -0.1) is 11.3 Å². The molecule has 0 aliphatic heterocycles. The van der Waals surface area contributed by atoms with E-state index < -0.39 is 12.0 Å². The third kappa shape index (κ3) is 7.93. The Morgan fingerprint density at radius 2 is 2.00 bits per heavy atom. The Morgan fingerprint density at radius 3 is 2.50 bits per heavy atom. The van der Waals surface area contributed by atoms with Gasteiger partial charge in [0.25, 0.3) is 0 Å². The largest absolute Gasteiger partial charge is 0.480 e. The lowest BCUT2D eigenvalue weighted by Gasteiger charge is -2.21. The Hall–Kier alpha value is -1.40. The Morgan fingerprint density at radius 1 is 1.33 bits per heavy atom. The number of carbonyl (C=O) groups is 2. The van der Waals surface area contributed by atoms with Crippen molar-refractivity contribution < 1.29 is 19.4 Å². The number of amides is 1. The minimum absolute atomic E-state index is 0.220. The Bertz CT molecular complexity index is 560. The Labute approximate surface area is 148 Å². The molecule has 1 aromatic rings. The number of hydrogen-bond acceptors (Lipinski definition) is 4. The number of aryl methyl sites for hydroxylation is 3. The molecule has 0 saturated heterocycles. The summed E-state index contributed by atoms with van der Waals surface area (Å²) in [5, 5.41) is 11.8. The number of thiophene rings is 1. The van der Waals surface area contributed by atoms with Gasteiger partial charge in [-0.05, 0) is 59.1 Å². The van der Waals surface area contributed by atoms with Crippen LogP contribution in [-0.2, 0) is 20.7 Å². The smallest absolute Gasteiger partial charge is 0.326 e. The number of nitrogens with one attached hydrogen (secondary N) is 1. The van der Waals surface area contributed by atoms with Crippen LogP contribution in [0.3, 0.4) is 0 Å². The van der Waals surface area contributed by atoms with E-state index in [0.29, 0.717) is 19.4 Å². The minimum atomic E-state index is -1.02. The number of carbonyl (C=O) groups excluding carboxylic acids is 1. The van der Waals surface area contributed by atoms with Crippen LogP contribution in [0, 0.1) is 13.8 Å². The molecule has 0 fully saturated rings. The second-order valence-electron chi connectivity index (χ2n) is 7.00. The van der Waals surface area contributed by atoms with E-state index in [-0.39, 0.29) is 17.9 Å². The summed E-state index contributed by atoms with van der Waals surface area (Å²) in [6, 6.07) is 1.26. The summed E-state index contributed by atoms with van der Waals surface area (Å²) >= 11 is 1.76. The van der Waals surface area contributed by atoms with Gasteiger partial charge in [-0.1, -0.05) is 0 Å². The highest BCUT2D eigenvalue weighted by atomic mass is 32.1. The fraction of sp³-hybridized carbons (Fsp3) is 0.667. The van der Waals surface area contributed by atoms with Crippen LogP contribution in [0.1, 0.15) is 55.4 Å². The summed E-state index contributed by atoms with van der Waals surface area (Å²) in [5.74, 6) is -1.24. The van der Waals surface area contributed by atoms with Crippen molar-refractivity contribution in [3.8, 4) is 0 Å². The molecule has 0 aliphatic carbocycles. The predicted molar refractivity (Wildman–Crippen MR) is 96.6 cm³/mol. The second kappa shape index (κ2) is 9.18. The van der Waals surface area contributed by atoms with Gasteiger partial charge in [-0.3, -0.25) is 4.79 Å². The Balaban J connectivity index is 2.37. The van der Waals surface area contributed by atoms with E-state index in [4.69, 9.17) is 4.74 Å². The first-order valence-corrected chi connectivity index (χ1v) is 9.12. The molecule has 0 bridgehead atoms. The number of hydrogen-bond donors (Lipinski definition) is 2. The maximum Gasteiger partial charge on any atom is 0.326 e. The van der Waals surface area contributed by atoms with Gasteiger partial charge in [0.05, 0.1) is 5.60 Å². The van der Waals surface area contributed by atoms with Gasteiger partial charge in [0.2, 0.25) is 5.91 Å².